The van der Waals surface area contributed by atoms with Crippen LogP contribution in [0.25, 0.3) is 0 Å². The number of carboxylic acid groups (broad SMARTS) is 1. The first kappa shape index (κ1) is 15.2. The first-order valence-electron chi connectivity index (χ1n) is 6.19. The van der Waals surface area contributed by atoms with Crippen LogP contribution in [0.2, 0.25) is 0 Å². The van der Waals surface area contributed by atoms with Gasteiger partial charge in [0, 0.05) is 6.04 Å². The number of rotatable bonds is 6. The molecule has 19 heavy (non-hydrogen) atoms. The normalized spacial score (nSPS) is 12.5. The smallest absolute Gasteiger partial charge is 0.330 e. The number of carbonyl (C=O) groups excluding carboxylic acids is 1. The van der Waals surface area contributed by atoms with E-state index in [1.54, 1.807) is 30.3 Å². The Hall–Kier alpha value is -1.88. The third-order valence-corrected chi connectivity index (χ3v) is 2.96. The maximum absolute atomic E-state index is 11.8. The average Bonchev–Trinajstić information content (AvgIpc) is 2.36. The monoisotopic (exact) mass is 264 g/mol. The van der Waals surface area contributed by atoms with Crippen LogP contribution < -0.4 is 5.32 Å². The summed E-state index contributed by atoms with van der Waals surface area (Å²) in [4.78, 5) is 24.9. The van der Waals surface area contributed by atoms with Gasteiger partial charge in [-0.25, -0.2) is 4.79 Å². The molecular formula is C14H20N2O3. The third-order valence-electron chi connectivity index (χ3n) is 2.96. The number of carboxylic acids is 1. The number of likely N-dealkylation sites (N-methyl/N-ethyl adjacent to an activating group) is 1. The Morgan fingerprint density at radius 3 is 2.32 bits per heavy atom. The van der Waals surface area contributed by atoms with Crippen molar-refractivity contribution in [1.82, 2.24) is 10.2 Å². The number of nitrogens with zero attached hydrogens (tertiary/aromatic N) is 1. The molecule has 1 atom stereocenters. The van der Waals surface area contributed by atoms with Gasteiger partial charge in [0.25, 0.3) is 0 Å². The van der Waals surface area contributed by atoms with Gasteiger partial charge in [-0.1, -0.05) is 30.3 Å². The van der Waals surface area contributed by atoms with Gasteiger partial charge >= 0.3 is 5.97 Å². The molecule has 5 heteroatoms. The molecule has 1 aromatic rings. The summed E-state index contributed by atoms with van der Waals surface area (Å²) in [6.45, 7) is 4.12. The highest BCUT2D eigenvalue weighted by Gasteiger charge is 2.22. The fraction of sp³-hybridized carbons (Fsp3) is 0.429. The van der Waals surface area contributed by atoms with Gasteiger partial charge in [-0.2, -0.15) is 0 Å². The summed E-state index contributed by atoms with van der Waals surface area (Å²) in [5.41, 5.74) is 0.565. The van der Waals surface area contributed by atoms with E-state index >= 15 is 0 Å². The second-order valence-corrected chi connectivity index (χ2v) is 4.76. The van der Waals surface area contributed by atoms with Crippen LogP contribution in [0.3, 0.4) is 0 Å². The number of aliphatic carboxylic acids is 1. The van der Waals surface area contributed by atoms with E-state index in [1.165, 1.54) is 0 Å². The Morgan fingerprint density at radius 2 is 1.84 bits per heavy atom. The minimum absolute atomic E-state index is 0.175. The van der Waals surface area contributed by atoms with Gasteiger partial charge in [-0.3, -0.25) is 9.69 Å². The SMILES string of the molecule is CC(C)N(C)CC(=O)N[C@H](C(=O)O)c1ccccc1. The molecule has 0 unspecified atom stereocenters. The minimum atomic E-state index is -1.06. The molecule has 0 radical (unpaired) electrons. The Bertz CT molecular complexity index is 432. The van der Waals surface area contributed by atoms with Crippen LogP contribution in [0.1, 0.15) is 25.5 Å². The fourth-order valence-corrected chi connectivity index (χ4v) is 1.55. The predicted octanol–water partition coefficient (Wildman–Crippen LogP) is 1.27. The Labute approximate surface area is 113 Å². The van der Waals surface area contributed by atoms with Gasteiger partial charge in [-0.05, 0) is 26.5 Å². The maximum atomic E-state index is 11.8. The number of hydrogen-bond acceptors (Lipinski definition) is 3. The highest BCUT2D eigenvalue weighted by molar-refractivity contribution is 5.85. The molecule has 0 aliphatic heterocycles. The summed E-state index contributed by atoms with van der Waals surface area (Å²) in [6, 6.07) is 7.89. The molecule has 0 saturated heterocycles. The lowest BCUT2D eigenvalue weighted by molar-refractivity contribution is -0.142. The number of benzene rings is 1. The number of carbonyl (C=O) groups is 2. The Morgan fingerprint density at radius 1 is 1.26 bits per heavy atom. The van der Waals surface area contributed by atoms with Crippen molar-refractivity contribution < 1.29 is 14.7 Å². The second kappa shape index (κ2) is 6.89. The van der Waals surface area contributed by atoms with Crippen molar-refractivity contribution in [3.63, 3.8) is 0 Å². The van der Waals surface area contributed by atoms with Crippen LogP contribution in [0.4, 0.5) is 0 Å². The summed E-state index contributed by atoms with van der Waals surface area (Å²) in [6.07, 6.45) is 0. The molecule has 0 bridgehead atoms. The molecule has 0 saturated carbocycles. The third kappa shape index (κ3) is 4.71. The largest absolute Gasteiger partial charge is 0.479 e. The second-order valence-electron chi connectivity index (χ2n) is 4.76. The molecule has 0 aromatic heterocycles. The van der Waals surface area contributed by atoms with Crippen LogP contribution in [-0.2, 0) is 9.59 Å². The minimum Gasteiger partial charge on any atom is -0.479 e. The molecule has 1 aromatic carbocycles. The predicted molar refractivity (Wildman–Crippen MR) is 72.7 cm³/mol. The van der Waals surface area contributed by atoms with Gasteiger partial charge in [0.05, 0.1) is 6.54 Å². The van der Waals surface area contributed by atoms with Crippen LogP contribution in [0.15, 0.2) is 30.3 Å². The zero-order valence-electron chi connectivity index (χ0n) is 11.5. The van der Waals surface area contributed by atoms with E-state index in [1.807, 2.05) is 25.8 Å². The van der Waals surface area contributed by atoms with E-state index in [0.717, 1.165) is 0 Å². The zero-order valence-corrected chi connectivity index (χ0v) is 11.5. The van der Waals surface area contributed by atoms with Gasteiger partial charge in [-0.15, -0.1) is 0 Å². The van der Waals surface area contributed by atoms with Crippen molar-refractivity contribution in [1.29, 1.82) is 0 Å². The molecule has 0 aliphatic carbocycles. The van der Waals surface area contributed by atoms with E-state index < -0.39 is 12.0 Å². The molecular weight excluding hydrogens is 244 g/mol. The summed E-state index contributed by atoms with van der Waals surface area (Å²) < 4.78 is 0. The lowest BCUT2D eigenvalue weighted by Gasteiger charge is -2.22. The fourth-order valence-electron chi connectivity index (χ4n) is 1.55. The molecule has 0 heterocycles. The lowest BCUT2D eigenvalue weighted by atomic mass is 10.1. The molecule has 1 rings (SSSR count). The van der Waals surface area contributed by atoms with Gasteiger partial charge in [0.2, 0.25) is 5.91 Å². The van der Waals surface area contributed by atoms with E-state index in [9.17, 15) is 14.7 Å². The van der Waals surface area contributed by atoms with Crippen molar-refractivity contribution >= 4 is 11.9 Å². The van der Waals surface area contributed by atoms with Crippen LogP contribution in [0, 0.1) is 0 Å². The standard InChI is InChI=1S/C14H20N2O3/c1-10(2)16(3)9-12(17)15-13(14(18)19)11-7-5-4-6-8-11/h4-8,10,13H,9H2,1-3H3,(H,15,17)(H,18,19)/t13-/m0/s1. The molecule has 104 valence electrons. The zero-order chi connectivity index (χ0) is 14.4. The van der Waals surface area contributed by atoms with Crippen LogP contribution >= 0.6 is 0 Å². The molecule has 2 N–H and O–H groups in total. The van der Waals surface area contributed by atoms with Crippen LogP contribution in [-0.4, -0.2) is 41.5 Å². The number of amides is 1. The van der Waals surface area contributed by atoms with Crippen molar-refractivity contribution in [3.8, 4) is 0 Å². The maximum Gasteiger partial charge on any atom is 0.330 e. The topological polar surface area (TPSA) is 69.6 Å². The van der Waals surface area contributed by atoms with Gasteiger partial charge < -0.3 is 10.4 Å². The highest BCUT2D eigenvalue weighted by atomic mass is 16.4. The van der Waals surface area contributed by atoms with Crippen molar-refractivity contribution in [2.24, 2.45) is 0 Å². The average molecular weight is 264 g/mol. The highest BCUT2D eigenvalue weighted by Crippen LogP contribution is 2.12. The Kier molecular flexibility index (Phi) is 5.51. The van der Waals surface area contributed by atoms with E-state index in [0.29, 0.717) is 5.56 Å². The summed E-state index contributed by atoms with van der Waals surface area (Å²) >= 11 is 0. The summed E-state index contributed by atoms with van der Waals surface area (Å²) in [7, 11) is 1.82. The van der Waals surface area contributed by atoms with Crippen molar-refractivity contribution in [2.45, 2.75) is 25.9 Å². The van der Waals surface area contributed by atoms with Gasteiger partial charge in [0.1, 0.15) is 0 Å². The molecule has 0 fully saturated rings. The molecule has 1 amide bonds. The van der Waals surface area contributed by atoms with Gasteiger partial charge in [0.15, 0.2) is 6.04 Å². The first-order chi connectivity index (χ1) is 8.91. The summed E-state index contributed by atoms with van der Waals surface area (Å²) in [5.74, 6) is -1.36. The van der Waals surface area contributed by atoms with E-state index in [4.69, 9.17) is 0 Å². The molecule has 5 nitrogen and oxygen atoms in total. The van der Waals surface area contributed by atoms with Crippen molar-refractivity contribution in [2.75, 3.05) is 13.6 Å². The van der Waals surface area contributed by atoms with Crippen LogP contribution in [0.5, 0.6) is 0 Å². The van der Waals surface area contributed by atoms with E-state index in [-0.39, 0.29) is 18.5 Å². The first-order valence-corrected chi connectivity index (χ1v) is 6.19. The van der Waals surface area contributed by atoms with Crippen molar-refractivity contribution in [3.05, 3.63) is 35.9 Å². The molecule has 0 aliphatic rings. The lowest BCUT2D eigenvalue weighted by Crippen LogP contribution is -2.41. The summed E-state index contributed by atoms with van der Waals surface area (Å²) in [5, 5.41) is 11.7. The number of hydrogen-bond donors (Lipinski definition) is 2. The molecule has 0 spiro atoms. The van der Waals surface area contributed by atoms with E-state index in [2.05, 4.69) is 5.32 Å². The quantitative estimate of drug-likeness (QED) is 0.811. The Balaban J connectivity index is 2.70. The number of nitrogens with one attached hydrogen (secondary N) is 1.